The lowest BCUT2D eigenvalue weighted by molar-refractivity contribution is -0.0418. The predicted molar refractivity (Wildman–Crippen MR) is 97.2 cm³/mol. The molecule has 0 spiro atoms. The first kappa shape index (κ1) is 14.7. The number of nitrogens with zero attached hydrogens (tertiary/aromatic N) is 1. The normalized spacial score (nSPS) is 33.6. The molecular weight excluding hydrogens is 316 g/mol. The lowest BCUT2D eigenvalue weighted by atomic mass is 9.65. The van der Waals surface area contributed by atoms with E-state index in [0.717, 1.165) is 11.5 Å². The zero-order valence-corrected chi connectivity index (χ0v) is 14.5. The van der Waals surface area contributed by atoms with E-state index in [4.69, 9.17) is 0 Å². The molecular formula is C20H22N2OS. The number of amides is 1. The van der Waals surface area contributed by atoms with E-state index >= 15 is 0 Å². The molecule has 0 radical (unpaired) electrons. The molecule has 2 unspecified atom stereocenters. The van der Waals surface area contributed by atoms with Crippen LogP contribution in [0.4, 0.5) is 0 Å². The Labute approximate surface area is 146 Å². The van der Waals surface area contributed by atoms with Crippen molar-refractivity contribution in [2.75, 3.05) is 19.6 Å². The van der Waals surface area contributed by atoms with Crippen molar-refractivity contribution in [3.63, 3.8) is 0 Å². The second-order valence-electron chi connectivity index (χ2n) is 7.63. The highest BCUT2D eigenvalue weighted by Crippen LogP contribution is 2.43. The molecule has 3 saturated heterocycles. The van der Waals surface area contributed by atoms with Gasteiger partial charge in [-0.2, -0.15) is 0 Å². The average Bonchev–Trinajstić information content (AvgIpc) is 3.12. The minimum absolute atomic E-state index is 0.0974. The van der Waals surface area contributed by atoms with Crippen LogP contribution in [0.5, 0.6) is 0 Å². The van der Waals surface area contributed by atoms with E-state index in [-0.39, 0.29) is 5.91 Å². The van der Waals surface area contributed by atoms with E-state index < -0.39 is 0 Å². The second kappa shape index (κ2) is 5.71. The maximum absolute atomic E-state index is 12.7. The standard InChI is InChI=1S/C20H22N2OS/c23-20(15-5-3-14(4-6-15)18-2-1-7-24-18)21-19-16-8-13-9-17(19)12-22(10-13)11-16/h1-7,13,16-17,19H,8-12H2,(H,21,23). The number of carbonyl (C=O) groups excluding carboxylic acids is 1. The van der Waals surface area contributed by atoms with Crippen molar-refractivity contribution in [2.45, 2.75) is 18.9 Å². The Morgan fingerprint density at radius 3 is 2.42 bits per heavy atom. The molecule has 1 amide bonds. The molecule has 1 aromatic heterocycles. The third kappa shape index (κ3) is 2.49. The van der Waals surface area contributed by atoms with Gasteiger partial charge >= 0.3 is 0 Å². The van der Waals surface area contributed by atoms with Crippen LogP contribution < -0.4 is 5.32 Å². The number of thiophene rings is 1. The molecule has 1 N–H and O–H groups in total. The maximum atomic E-state index is 12.7. The molecule has 6 rings (SSSR count). The summed E-state index contributed by atoms with van der Waals surface area (Å²) in [6.07, 6.45) is 2.60. The fraction of sp³-hybridized carbons (Fsp3) is 0.450. The topological polar surface area (TPSA) is 32.3 Å². The summed E-state index contributed by atoms with van der Waals surface area (Å²) >= 11 is 1.73. The molecule has 3 nitrogen and oxygen atoms in total. The summed E-state index contributed by atoms with van der Waals surface area (Å²) in [5.74, 6) is 2.29. The first-order valence-corrected chi connectivity index (χ1v) is 9.81. The number of nitrogens with one attached hydrogen (secondary N) is 1. The Morgan fingerprint density at radius 1 is 1.04 bits per heavy atom. The Balaban J connectivity index is 1.30. The molecule has 124 valence electrons. The number of benzene rings is 1. The van der Waals surface area contributed by atoms with Gasteiger partial charge in [-0.3, -0.25) is 4.79 Å². The molecule has 4 bridgehead atoms. The van der Waals surface area contributed by atoms with Crippen LogP contribution in [0.15, 0.2) is 41.8 Å². The van der Waals surface area contributed by atoms with Gasteiger partial charge in [-0.15, -0.1) is 11.3 Å². The van der Waals surface area contributed by atoms with Crippen molar-refractivity contribution in [3.8, 4) is 10.4 Å². The fourth-order valence-corrected chi connectivity index (χ4v) is 5.84. The van der Waals surface area contributed by atoms with E-state index in [9.17, 15) is 4.79 Å². The number of hydrogen-bond acceptors (Lipinski definition) is 3. The van der Waals surface area contributed by atoms with Crippen molar-refractivity contribution in [1.82, 2.24) is 10.2 Å². The highest BCUT2D eigenvalue weighted by atomic mass is 32.1. The molecule has 24 heavy (non-hydrogen) atoms. The zero-order valence-electron chi connectivity index (χ0n) is 13.7. The van der Waals surface area contributed by atoms with Gasteiger partial charge in [0, 0.05) is 36.1 Å². The van der Waals surface area contributed by atoms with Crippen molar-refractivity contribution in [1.29, 1.82) is 0 Å². The van der Waals surface area contributed by atoms with E-state index in [1.807, 2.05) is 12.1 Å². The lowest BCUT2D eigenvalue weighted by Gasteiger charge is -2.55. The van der Waals surface area contributed by atoms with Crippen LogP contribution in [-0.4, -0.2) is 36.5 Å². The van der Waals surface area contributed by atoms with E-state index in [0.29, 0.717) is 17.9 Å². The summed E-state index contributed by atoms with van der Waals surface area (Å²) in [5.41, 5.74) is 1.97. The molecule has 4 heteroatoms. The van der Waals surface area contributed by atoms with Crippen LogP contribution in [0.2, 0.25) is 0 Å². The van der Waals surface area contributed by atoms with Gasteiger partial charge < -0.3 is 10.2 Å². The molecule has 4 aliphatic rings. The minimum atomic E-state index is 0.0974. The SMILES string of the molecule is O=C(NC1C2CC3CC1CN(C3)C2)c1ccc(-c2cccs2)cc1. The monoisotopic (exact) mass is 338 g/mol. The van der Waals surface area contributed by atoms with Gasteiger partial charge in [-0.25, -0.2) is 0 Å². The Bertz CT molecular complexity index is 710. The van der Waals surface area contributed by atoms with Gasteiger partial charge in [0.15, 0.2) is 0 Å². The van der Waals surface area contributed by atoms with Crippen LogP contribution in [0, 0.1) is 17.8 Å². The first-order valence-electron chi connectivity index (χ1n) is 8.93. The third-order valence-corrected chi connectivity index (χ3v) is 6.96. The van der Waals surface area contributed by atoms with Gasteiger partial charge in [0.05, 0.1) is 0 Å². The molecule has 2 aromatic rings. The molecule has 4 heterocycles. The number of hydrogen-bond donors (Lipinski definition) is 1. The smallest absolute Gasteiger partial charge is 0.251 e. The summed E-state index contributed by atoms with van der Waals surface area (Å²) in [6, 6.07) is 12.6. The van der Waals surface area contributed by atoms with E-state index in [1.165, 1.54) is 42.9 Å². The van der Waals surface area contributed by atoms with Gasteiger partial charge in [0.25, 0.3) is 5.91 Å². The molecule has 1 saturated carbocycles. The quantitative estimate of drug-likeness (QED) is 0.929. The van der Waals surface area contributed by atoms with Crippen LogP contribution in [0.1, 0.15) is 23.2 Å². The summed E-state index contributed by atoms with van der Waals surface area (Å²) in [7, 11) is 0. The second-order valence-corrected chi connectivity index (χ2v) is 8.58. The fourth-order valence-electron chi connectivity index (χ4n) is 5.11. The van der Waals surface area contributed by atoms with Crippen LogP contribution in [0.3, 0.4) is 0 Å². The number of rotatable bonds is 3. The minimum Gasteiger partial charge on any atom is -0.349 e. The number of carbonyl (C=O) groups is 1. The third-order valence-electron chi connectivity index (χ3n) is 6.04. The number of piperidine rings is 3. The lowest BCUT2D eigenvalue weighted by Crippen LogP contribution is -2.64. The molecule has 2 atom stereocenters. The summed E-state index contributed by atoms with van der Waals surface area (Å²) in [5, 5.41) is 5.45. The first-order chi connectivity index (χ1) is 11.8. The average molecular weight is 338 g/mol. The summed E-state index contributed by atoms with van der Waals surface area (Å²) in [6.45, 7) is 3.64. The highest BCUT2D eigenvalue weighted by molar-refractivity contribution is 7.13. The van der Waals surface area contributed by atoms with Crippen LogP contribution in [0.25, 0.3) is 10.4 Å². The molecule has 3 aliphatic heterocycles. The van der Waals surface area contributed by atoms with Gasteiger partial charge in [0.1, 0.15) is 0 Å². The van der Waals surface area contributed by atoms with Crippen LogP contribution in [-0.2, 0) is 0 Å². The van der Waals surface area contributed by atoms with Gasteiger partial charge in [0.2, 0.25) is 0 Å². The molecule has 4 fully saturated rings. The van der Waals surface area contributed by atoms with Crippen molar-refractivity contribution in [3.05, 3.63) is 47.3 Å². The Morgan fingerprint density at radius 2 is 1.79 bits per heavy atom. The largest absolute Gasteiger partial charge is 0.349 e. The van der Waals surface area contributed by atoms with Gasteiger partial charge in [-0.1, -0.05) is 18.2 Å². The van der Waals surface area contributed by atoms with Crippen LogP contribution >= 0.6 is 11.3 Å². The zero-order chi connectivity index (χ0) is 16.1. The van der Waals surface area contributed by atoms with Crippen molar-refractivity contribution >= 4 is 17.2 Å². The van der Waals surface area contributed by atoms with Crippen molar-refractivity contribution < 1.29 is 4.79 Å². The van der Waals surface area contributed by atoms with E-state index in [1.54, 1.807) is 11.3 Å². The summed E-state index contributed by atoms with van der Waals surface area (Å²) in [4.78, 5) is 16.6. The Kier molecular flexibility index (Phi) is 3.49. The maximum Gasteiger partial charge on any atom is 0.251 e. The highest BCUT2D eigenvalue weighted by Gasteiger charge is 2.47. The van der Waals surface area contributed by atoms with Gasteiger partial charge in [-0.05, 0) is 59.7 Å². The van der Waals surface area contributed by atoms with E-state index in [2.05, 4.69) is 39.9 Å². The Hall–Kier alpha value is -1.65. The molecule has 1 aromatic carbocycles. The predicted octanol–water partition coefficient (Wildman–Crippen LogP) is 3.49. The summed E-state index contributed by atoms with van der Waals surface area (Å²) < 4.78 is 0. The van der Waals surface area contributed by atoms with Crippen molar-refractivity contribution in [2.24, 2.45) is 17.8 Å². The molecule has 1 aliphatic carbocycles.